The van der Waals surface area contributed by atoms with Crippen LogP contribution in [0.2, 0.25) is 5.02 Å². The Morgan fingerprint density at radius 2 is 1.96 bits per heavy atom. The third-order valence-electron chi connectivity index (χ3n) is 5.19. The zero-order valence-electron chi connectivity index (χ0n) is 15.9. The molecule has 1 atom stereocenters. The second kappa shape index (κ2) is 8.28. The van der Waals surface area contributed by atoms with Crippen LogP contribution in [0.1, 0.15) is 31.9 Å². The molecule has 0 fully saturated rings. The van der Waals surface area contributed by atoms with E-state index in [2.05, 4.69) is 42.4 Å². The summed E-state index contributed by atoms with van der Waals surface area (Å²) in [6, 6.07) is 10.7. The Kier molecular flexibility index (Phi) is 6.02. The van der Waals surface area contributed by atoms with Gasteiger partial charge in [0.1, 0.15) is 5.82 Å². The number of nitrogens with one attached hydrogen (secondary N) is 2. The molecule has 0 bridgehead atoms. The lowest BCUT2D eigenvalue weighted by atomic mass is 10.1. The van der Waals surface area contributed by atoms with E-state index in [0.717, 1.165) is 18.8 Å². The molecule has 27 heavy (non-hydrogen) atoms. The molecule has 6 heteroatoms. The average Bonchev–Trinajstić information content (AvgIpc) is 3.07. The van der Waals surface area contributed by atoms with E-state index in [-0.39, 0.29) is 18.1 Å². The van der Waals surface area contributed by atoms with Crippen LogP contribution >= 0.6 is 11.6 Å². The van der Waals surface area contributed by atoms with Crippen molar-refractivity contribution in [2.45, 2.75) is 39.9 Å². The summed E-state index contributed by atoms with van der Waals surface area (Å²) in [7, 11) is 0. The number of halogens is 2. The molecule has 0 saturated carbocycles. The monoisotopic (exact) mass is 389 g/mol. The first kappa shape index (κ1) is 19.6. The van der Waals surface area contributed by atoms with Gasteiger partial charge in [0, 0.05) is 29.8 Å². The molecule has 0 aliphatic carbocycles. The number of amides is 1. The summed E-state index contributed by atoms with van der Waals surface area (Å²) in [5, 5.41) is 6.13. The van der Waals surface area contributed by atoms with Crippen molar-refractivity contribution in [2.24, 2.45) is 5.92 Å². The largest absolute Gasteiger partial charge is 0.376 e. The Morgan fingerprint density at radius 3 is 2.70 bits per heavy atom. The molecule has 4 nitrogen and oxygen atoms in total. The third kappa shape index (κ3) is 4.60. The summed E-state index contributed by atoms with van der Waals surface area (Å²) < 4.78 is 13.8. The van der Waals surface area contributed by atoms with Crippen LogP contribution in [-0.4, -0.2) is 23.4 Å². The fraction of sp³-hybridized carbons (Fsp3) is 0.381. The number of fused-ring (bicyclic) bond motifs is 1. The van der Waals surface area contributed by atoms with Crippen molar-refractivity contribution in [3.8, 4) is 0 Å². The molecule has 1 unspecified atom stereocenters. The van der Waals surface area contributed by atoms with Crippen LogP contribution in [0.15, 0.2) is 36.4 Å². The van der Waals surface area contributed by atoms with Gasteiger partial charge in [-0.2, -0.15) is 0 Å². The maximum atomic E-state index is 13.8. The minimum Gasteiger partial charge on any atom is -0.376 e. The molecule has 2 N–H and O–H groups in total. The summed E-state index contributed by atoms with van der Waals surface area (Å²) in [6.45, 7) is 8.55. The van der Waals surface area contributed by atoms with Gasteiger partial charge in [0.15, 0.2) is 0 Å². The predicted molar refractivity (Wildman–Crippen MR) is 109 cm³/mol. The predicted octanol–water partition coefficient (Wildman–Crippen LogP) is 4.89. The first-order valence-corrected chi connectivity index (χ1v) is 9.56. The van der Waals surface area contributed by atoms with Gasteiger partial charge in [0.2, 0.25) is 5.91 Å². The Hall–Kier alpha value is -2.11. The van der Waals surface area contributed by atoms with E-state index in [1.165, 1.54) is 29.3 Å². The van der Waals surface area contributed by atoms with E-state index in [9.17, 15) is 9.18 Å². The van der Waals surface area contributed by atoms with Crippen molar-refractivity contribution in [3.05, 3.63) is 58.4 Å². The zero-order valence-corrected chi connectivity index (χ0v) is 16.6. The Bertz CT molecular complexity index is 840. The molecule has 144 valence electrons. The molecule has 2 aromatic rings. The molecule has 0 aromatic heterocycles. The fourth-order valence-electron chi connectivity index (χ4n) is 3.29. The van der Waals surface area contributed by atoms with E-state index in [1.54, 1.807) is 0 Å². The molecule has 1 aliphatic rings. The lowest BCUT2D eigenvalue weighted by molar-refractivity contribution is -0.114. The minimum atomic E-state index is -0.508. The van der Waals surface area contributed by atoms with Crippen molar-refractivity contribution >= 4 is 28.9 Å². The van der Waals surface area contributed by atoms with Gasteiger partial charge in [-0.25, -0.2) is 4.39 Å². The van der Waals surface area contributed by atoms with Gasteiger partial charge >= 0.3 is 0 Å². The lowest BCUT2D eigenvalue weighted by Crippen LogP contribution is -2.32. The molecule has 1 aliphatic heterocycles. The van der Waals surface area contributed by atoms with Crippen LogP contribution in [0.3, 0.4) is 0 Å². The smallest absolute Gasteiger partial charge is 0.243 e. The fourth-order valence-corrected chi connectivity index (χ4v) is 3.46. The van der Waals surface area contributed by atoms with E-state index in [0.29, 0.717) is 17.0 Å². The van der Waals surface area contributed by atoms with Gasteiger partial charge in [-0.05, 0) is 48.2 Å². The maximum Gasteiger partial charge on any atom is 0.243 e. The first-order valence-electron chi connectivity index (χ1n) is 9.18. The van der Waals surface area contributed by atoms with Gasteiger partial charge in [-0.3, -0.25) is 9.69 Å². The Morgan fingerprint density at radius 1 is 1.19 bits per heavy atom. The number of benzene rings is 2. The molecular formula is C21H25ClFN3O. The van der Waals surface area contributed by atoms with E-state index >= 15 is 0 Å². The van der Waals surface area contributed by atoms with E-state index in [4.69, 9.17) is 11.6 Å². The van der Waals surface area contributed by atoms with Gasteiger partial charge < -0.3 is 10.6 Å². The van der Waals surface area contributed by atoms with Gasteiger partial charge in [-0.1, -0.05) is 37.6 Å². The highest BCUT2D eigenvalue weighted by molar-refractivity contribution is 6.30. The molecule has 2 aromatic carbocycles. The van der Waals surface area contributed by atoms with Crippen molar-refractivity contribution in [1.29, 1.82) is 0 Å². The van der Waals surface area contributed by atoms with Crippen LogP contribution in [0.4, 0.5) is 15.8 Å². The van der Waals surface area contributed by atoms with Crippen molar-refractivity contribution in [3.63, 3.8) is 0 Å². The summed E-state index contributed by atoms with van der Waals surface area (Å²) in [6.07, 6.45) is 0. The topological polar surface area (TPSA) is 44.4 Å². The van der Waals surface area contributed by atoms with E-state index in [1.807, 2.05) is 12.1 Å². The zero-order chi connectivity index (χ0) is 19.6. The van der Waals surface area contributed by atoms with Gasteiger partial charge in [0.25, 0.3) is 0 Å². The standard InChI is InChI=1S/C21H25ClFN3O/c1-13(2)14(3)26-11-15-5-4-6-19(17(15)12-26)24-10-21(27)25-20-9-16(22)7-8-18(20)23/h4-9,13-14,24H,10-12H2,1-3H3,(H,25,27). The SMILES string of the molecule is CC(C)C(C)N1Cc2cccc(NCC(=O)Nc3cc(Cl)ccc3F)c2C1. The summed E-state index contributed by atoms with van der Waals surface area (Å²) >= 11 is 5.86. The Balaban J connectivity index is 1.64. The highest BCUT2D eigenvalue weighted by Crippen LogP contribution is 2.32. The number of rotatable bonds is 6. The molecule has 3 rings (SSSR count). The number of anilines is 2. The molecule has 1 amide bonds. The summed E-state index contributed by atoms with van der Waals surface area (Å²) in [4.78, 5) is 14.7. The van der Waals surface area contributed by atoms with Crippen molar-refractivity contribution < 1.29 is 9.18 Å². The first-order chi connectivity index (χ1) is 12.8. The second-order valence-electron chi connectivity index (χ2n) is 7.36. The lowest BCUT2D eigenvalue weighted by Gasteiger charge is -2.27. The van der Waals surface area contributed by atoms with Crippen molar-refractivity contribution in [2.75, 3.05) is 17.2 Å². The summed E-state index contributed by atoms with van der Waals surface area (Å²) in [5.41, 5.74) is 3.55. The Labute approximate surface area is 164 Å². The minimum absolute atomic E-state index is 0.0577. The number of nitrogens with zero attached hydrogens (tertiary/aromatic N) is 1. The molecule has 0 radical (unpaired) electrons. The highest BCUT2D eigenvalue weighted by atomic mass is 35.5. The third-order valence-corrected chi connectivity index (χ3v) is 5.43. The van der Waals surface area contributed by atoms with Gasteiger partial charge in [-0.15, -0.1) is 0 Å². The van der Waals surface area contributed by atoms with Crippen LogP contribution in [-0.2, 0) is 17.9 Å². The second-order valence-corrected chi connectivity index (χ2v) is 7.80. The molecule has 0 saturated heterocycles. The van der Waals surface area contributed by atoms with Crippen LogP contribution in [0, 0.1) is 11.7 Å². The number of hydrogen-bond acceptors (Lipinski definition) is 3. The van der Waals surface area contributed by atoms with Gasteiger partial charge in [0.05, 0.1) is 12.2 Å². The maximum absolute atomic E-state index is 13.8. The van der Waals surface area contributed by atoms with Crippen LogP contribution in [0.5, 0.6) is 0 Å². The van der Waals surface area contributed by atoms with Crippen LogP contribution in [0.25, 0.3) is 0 Å². The van der Waals surface area contributed by atoms with Crippen LogP contribution < -0.4 is 10.6 Å². The molecule has 0 spiro atoms. The molecular weight excluding hydrogens is 365 g/mol. The number of hydrogen-bond donors (Lipinski definition) is 2. The van der Waals surface area contributed by atoms with Crippen molar-refractivity contribution in [1.82, 2.24) is 4.90 Å². The normalized spacial score (nSPS) is 14.9. The molecule has 1 heterocycles. The number of carbonyl (C=O) groups is 1. The average molecular weight is 390 g/mol. The van der Waals surface area contributed by atoms with E-state index < -0.39 is 5.82 Å². The highest BCUT2D eigenvalue weighted by Gasteiger charge is 2.26. The number of carbonyl (C=O) groups excluding carboxylic acids is 1. The summed E-state index contributed by atoms with van der Waals surface area (Å²) in [5.74, 6) is -0.250. The quantitative estimate of drug-likeness (QED) is 0.739.